The summed E-state index contributed by atoms with van der Waals surface area (Å²) in [7, 11) is 0. The molecule has 0 aliphatic carbocycles. The van der Waals surface area contributed by atoms with Crippen LogP contribution in [0.25, 0.3) is 0 Å². The molecule has 0 saturated carbocycles. The Kier molecular flexibility index (Phi) is 4.79. The van der Waals surface area contributed by atoms with Gasteiger partial charge in [-0.15, -0.1) is 0 Å². The number of ether oxygens (including phenoxy) is 1. The topological polar surface area (TPSA) is 71.7 Å². The molecule has 2 heterocycles. The number of carbonyl (C=O) groups excluding carboxylic acids is 1. The van der Waals surface area contributed by atoms with Crippen LogP contribution >= 0.6 is 0 Å². The molecule has 0 spiro atoms. The minimum absolute atomic E-state index is 0.0637. The molecule has 2 rings (SSSR count). The van der Waals surface area contributed by atoms with Gasteiger partial charge in [-0.3, -0.25) is 4.79 Å². The Labute approximate surface area is 119 Å². The molecule has 0 radical (unpaired) electrons. The average molecular weight is 278 g/mol. The van der Waals surface area contributed by atoms with Gasteiger partial charge in [0.2, 0.25) is 5.91 Å². The predicted octanol–water partition coefficient (Wildman–Crippen LogP) is 0.737. The molecule has 1 aliphatic heterocycles. The highest BCUT2D eigenvalue weighted by Crippen LogP contribution is 2.16. The van der Waals surface area contributed by atoms with E-state index in [1.54, 1.807) is 12.3 Å². The first-order valence-corrected chi connectivity index (χ1v) is 6.92. The summed E-state index contributed by atoms with van der Waals surface area (Å²) in [6, 6.07) is 3.75. The van der Waals surface area contributed by atoms with Crippen molar-refractivity contribution in [3.63, 3.8) is 0 Å². The van der Waals surface area contributed by atoms with Crippen LogP contribution in [0.3, 0.4) is 0 Å². The second-order valence-corrected chi connectivity index (χ2v) is 5.17. The van der Waals surface area contributed by atoms with Gasteiger partial charge in [0.05, 0.1) is 18.0 Å². The van der Waals surface area contributed by atoms with Crippen LogP contribution in [0.15, 0.2) is 18.3 Å². The predicted molar refractivity (Wildman–Crippen MR) is 78.5 cm³/mol. The molecule has 0 bridgehead atoms. The van der Waals surface area contributed by atoms with Crippen LogP contribution in [-0.2, 0) is 9.53 Å². The van der Waals surface area contributed by atoms with E-state index in [0.29, 0.717) is 18.9 Å². The Hall–Kier alpha value is -1.82. The van der Waals surface area contributed by atoms with Gasteiger partial charge in [0.25, 0.3) is 0 Å². The fraction of sp³-hybridized carbons (Fsp3) is 0.571. The summed E-state index contributed by atoms with van der Waals surface area (Å²) in [6.07, 6.45) is 1.86. The van der Waals surface area contributed by atoms with Crippen LogP contribution < -0.4 is 10.6 Å². The van der Waals surface area contributed by atoms with Gasteiger partial charge in [-0.1, -0.05) is 0 Å². The SMILES string of the molecule is CC(C)OCC(=O)N1CCN(c2ccc(N)nc2)CC1. The lowest BCUT2D eigenvalue weighted by Gasteiger charge is -2.36. The standard InChI is InChI=1S/C14H22N4O2/c1-11(2)20-10-14(19)18-7-5-17(6-8-18)12-3-4-13(15)16-9-12/h3-4,9,11H,5-8,10H2,1-2H3,(H2,15,16). The van der Waals surface area contributed by atoms with Crippen molar-refractivity contribution in [2.75, 3.05) is 43.4 Å². The smallest absolute Gasteiger partial charge is 0.248 e. The third-order valence-corrected chi connectivity index (χ3v) is 3.31. The van der Waals surface area contributed by atoms with E-state index in [1.807, 2.05) is 24.8 Å². The molecule has 1 fully saturated rings. The summed E-state index contributed by atoms with van der Waals surface area (Å²) >= 11 is 0. The Balaban J connectivity index is 1.83. The number of nitrogens with two attached hydrogens (primary N) is 1. The highest BCUT2D eigenvalue weighted by molar-refractivity contribution is 5.77. The second kappa shape index (κ2) is 6.56. The number of amides is 1. The molecule has 1 saturated heterocycles. The zero-order valence-corrected chi connectivity index (χ0v) is 12.1. The van der Waals surface area contributed by atoms with Gasteiger partial charge in [-0.2, -0.15) is 0 Å². The monoisotopic (exact) mass is 278 g/mol. The molecule has 1 aromatic rings. The number of carbonyl (C=O) groups is 1. The molecule has 1 aromatic heterocycles. The minimum Gasteiger partial charge on any atom is -0.384 e. The van der Waals surface area contributed by atoms with Crippen molar-refractivity contribution in [1.82, 2.24) is 9.88 Å². The quantitative estimate of drug-likeness (QED) is 0.879. The van der Waals surface area contributed by atoms with E-state index < -0.39 is 0 Å². The lowest BCUT2D eigenvalue weighted by molar-refractivity contribution is -0.137. The average Bonchev–Trinajstić information content (AvgIpc) is 2.46. The molecular weight excluding hydrogens is 256 g/mol. The number of rotatable bonds is 4. The molecule has 0 aromatic carbocycles. The molecule has 0 unspecified atom stereocenters. The van der Waals surface area contributed by atoms with Gasteiger partial charge >= 0.3 is 0 Å². The van der Waals surface area contributed by atoms with E-state index in [1.165, 1.54) is 0 Å². The Morgan fingerprint density at radius 2 is 2.05 bits per heavy atom. The number of anilines is 2. The van der Waals surface area contributed by atoms with Crippen molar-refractivity contribution < 1.29 is 9.53 Å². The number of piperazine rings is 1. The first kappa shape index (κ1) is 14.6. The number of hydrogen-bond acceptors (Lipinski definition) is 5. The summed E-state index contributed by atoms with van der Waals surface area (Å²) in [4.78, 5) is 20.1. The van der Waals surface area contributed by atoms with E-state index in [0.717, 1.165) is 18.8 Å². The summed E-state index contributed by atoms with van der Waals surface area (Å²) in [5.41, 5.74) is 6.63. The second-order valence-electron chi connectivity index (χ2n) is 5.17. The molecule has 1 aliphatic rings. The minimum atomic E-state index is 0.0637. The fourth-order valence-electron chi connectivity index (χ4n) is 2.13. The van der Waals surface area contributed by atoms with Crippen molar-refractivity contribution in [3.8, 4) is 0 Å². The van der Waals surface area contributed by atoms with E-state index in [2.05, 4.69) is 9.88 Å². The molecular formula is C14H22N4O2. The van der Waals surface area contributed by atoms with Crippen LogP contribution in [0.1, 0.15) is 13.8 Å². The third-order valence-electron chi connectivity index (χ3n) is 3.31. The summed E-state index contributed by atoms with van der Waals surface area (Å²) in [5, 5.41) is 0. The maximum Gasteiger partial charge on any atom is 0.248 e. The van der Waals surface area contributed by atoms with Crippen molar-refractivity contribution in [2.45, 2.75) is 20.0 Å². The normalized spacial score (nSPS) is 15.8. The van der Waals surface area contributed by atoms with E-state index in [-0.39, 0.29) is 18.6 Å². The van der Waals surface area contributed by atoms with Crippen molar-refractivity contribution in [2.24, 2.45) is 0 Å². The zero-order valence-electron chi connectivity index (χ0n) is 12.1. The van der Waals surface area contributed by atoms with Crippen LogP contribution in [0, 0.1) is 0 Å². The lowest BCUT2D eigenvalue weighted by atomic mass is 10.2. The summed E-state index contributed by atoms with van der Waals surface area (Å²) < 4.78 is 5.35. The first-order valence-electron chi connectivity index (χ1n) is 6.92. The molecule has 1 amide bonds. The first-order chi connectivity index (χ1) is 9.56. The molecule has 6 nitrogen and oxygen atoms in total. The van der Waals surface area contributed by atoms with Gasteiger partial charge < -0.3 is 20.3 Å². The molecule has 2 N–H and O–H groups in total. The largest absolute Gasteiger partial charge is 0.384 e. The third kappa shape index (κ3) is 3.84. The van der Waals surface area contributed by atoms with Crippen LogP contribution in [0.4, 0.5) is 11.5 Å². The molecule has 6 heteroatoms. The number of nitrogen functional groups attached to an aromatic ring is 1. The number of nitrogens with zero attached hydrogens (tertiary/aromatic N) is 3. The Morgan fingerprint density at radius 1 is 1.35 bits per heavy atom. The van der Waals surface area contributed by atoms with Crippen LogP contribution in [0.5, 0.6) is 0 Å². The zero-order chi connectivity index (χ0) is 14.5. The van der Waals surface area contributed by atoms with Crippen molar-refractivity contribution in [1.29, 1.82) is 0 Å². The maximum absolute atomic E-state index is 11.9. The molecule has 20 heavy (non-hydrogen) atoms. The maximum atomic E-state index is 11.9. The number of hydrogen-bond donors (Lipinski definition) is 1. The number of pyridine rings is 1. The van der Waals surface area contributed by atoms with E-state index in [9.17, 15) is 4.79 Å². The van der Waals surface area contributed by atoms with Gasteiger partial charge in [0.1, 0.15) is 12.4 Å². The van der Waals surface area contributed by atoms with E-state index >= 15 is 0 Å². The van der Waals surface area contributed by atoms with Gasteiger partial charge in [0, 0.05) is 26.2 Å². The van der Waals surface area contributed by atoms with Gasteiger partial charge in [-0.25, -0.2) is 4.98 Å². The van der Waals surface area contributed by atoms with Gasteiger partial charge in [-0.05, 0) is 26.0 Å². The van der Waals surface area contributed by atoms with Crippen molar-refractivity contribution in [3.05, 3.63) is 18.3 Å². The van der Waals surface area contributed by atoms with Crippen LogP contribution in [-0.4, -0.2) is 54.7 Å². The van der Waals surface area contributed by atoms with Crippen molar-refractivity contribution >= 4 is 17.4 Å². The lowest BCUT2D eigenvalue weighted by Crippen LogP contribution is -2.50. The summed E-state index contributed by atoms with van der Waals surface area (Å²) in [5.74, 6) is 0.585. The van der Waals surface area contributed by atoms with Crippen LogP contribution in [0.2, 0.25) is 0 Å². The Morgan fingerprint density at radius 3 is 2.60 bits per heavy atom. The molecule has 0 atom stereocenters. The van der Waals surface area contributed by atoms with Gasteiger partial charge in [0.15, 0.2) is 0 Å². The fourth-order valence-corrected chi connectivity index (χ4v) is 2.13. The summed E-state index contributed by atoms with van der Waals surface area (Å²) in [6.45, 7) is 7.06. The number of aromatic nitrogens is 1. The Bertz CT molecular complexity index is 439. The van der Waals surface area contributed by atoms with E-state index in [4.69, 9.17) is 10.5 Å². The molecule has 110 valence electrons. The highest BCUT2D eigenvalue weighted by atomic mass is 16.5. The highest BCUT2D eigenvalue weighted by Gasteiger charge is 2.21.